The molecule has 0 saturated carbocycles. The molecule has 0 spiro atoms. The van der Waals surface area contributed by atoms with Gasteiger partial charge >= 0.3 is 6.09 Å². The number of hydrogen-bond donors (Lipinski definition) is 2. The topological polar surface area (TPSA) is 127 Å². The number of carbonyl (C=O) groups is 2. The van der Waals surface area contributed by atoms with Crippen LogP contribution in [0.15, 0.2) is 36.5 Å². The molecule has 31 heavy (non-hydrogen) atoms. The number of carbonyl (C=O) groups excluding carboxylic acids is 2. The number of amides is 2. The summed E-state index contributed by atoms with van der Waals surface area (Å²) in [6.07, 6.45) is 0.439. The zero-order valence-corrected chi connectivity index (χ0v) is 16.7. The number of hydrogen-bond acceptors (Lipinski definition) is 8. The molecule has 0 radical (unpaired) electrons. The van der Waals surface area contributed by atoms with E-state index in [1.807, 2.05) is 0 Å². The van der Waals surface area contributed by atoms with Crippen molar-refractivity contribution in [2.75, 3.05) is 23.3 Å². The van der Waals surface area contributed by atoms with Gasteiger partial charge in [-0.3, -0.25) is 9.69 Å². The maximum absolute atomic E-state index is 14.8. The van der Waals surface area contributed by atoms with Gasteiger partial charge in [-0.1, -0.05) is 5.10 Å². The van der Waals surface area contributed by atoms with Crippen LogP contribution in [-0.2, 0) is 16.6 Å². The molecule has 1 atom stereocenters. The summed E-state index contributed by atoms with van der Waals surface area (Å²) in [6.45, 7) is 1.80. The quantitative estimate of drug-likeness (QED) is 0.609. The van der Waals surface area contributed by atoms with Gasteiger partial charge in [-0.2, -0.15) is 4.80 Å². The lowest BCUT2D eigenvalue weighted by Crippen LogP contribution is -2.33. The van der Waals surface area contributed by atoms with Crippen molar-refractivity contribution in [3.8, 4) is 11.1 Å². The Morgan fingerprint density at radius 3 is 2.81 bits per heavy atom. The van der Waals surface area contributed by atoms with Gasteiger partial charge in [0.15, 0.2) is 0 Å². The lowest BCUT2D eigenvalue weighted by Gasteiger charge is -2.14. The normalized spacial score (nSPS) is 15.6. The fourth-order valence-corrected chi connectivity index (χ4v) is 3.08. The van der Waals surface area contributed by atoms with Crippen molar-refractivity contribution in [3.63, 3.8) is 0 Å². The fraction of sp³-hybridized carbons (Fsp3) is 0.263. The predicted molar refractivity (Wildman–Crippen MR) is 108 cm³/mol. The van der Waals surface area contributed by atoms with Gasteiger partial charge in [0.1, 0.15) is 17.7 Å². The van der Waals surface area contributed by atoms with Gasteiger partial charge in [-0.05, 0) is 35.5 Å². The van der Waals surface area contributed by atoms with Crippen molar-refractivity contribution in [1.29, 1.82) is 0 Å². The highest BCUT2D eigenvalue weighted by atomic mass is 19.1. The molecular weight excluding hydrogens is 407 g/mol. The molecule has 1 saturated heterocycles. The van der Waals surface area contributed by atoms with Gasteiger partial charge in [-0.25, -0.2) is 14.2 Å². The highest BCUT2D eigenvalue weighted by Crippen LogP contribution is 2.29. The first-order valence-corrected chi connectivity index (χ1v) is 9.38. The minimum absolute atomic E-state index is 0.203. The minimum atomic E-state index is -0.586. The summed E-state index contributed by atoms with van der Waals surface area (Å²) in [7, 11) is 1.64. The van der Waals surface area contributed by atoms with E-state index in [-0.39, 0.29) is 19.0 Å². The summed E-state index contributed by atoms with van der Waals surface area (Å²) in [6, 6.07) is 7.86. The summed E-state index contributed by atoms with van der Waals surface area (Å²) in [4.78, 5) is 30.0. The molecule has 12 heteroatoms. The number of benzene rings is 1. The number of tetrazole rings is 1. The molecule has 11 nitrogen and oxygen atoms in total. The molecule has 0 bridgehead atoms. The van der Waals surface area contributed by atoms with Crippen LogP contribution in [0.3, 0.4) is 0 Å². The number of rotatable bonds is 6. The average molecular weight is 426 g/mol. The molecule has 1 aromatic carbocycles. The Bertz CT molecular complexity index is 1120. The second kappa shape index (κ2) is 8.34. The van der Waals surface area contributed by atoms with Crippen LogP contribution < -0.4 is 15.5 Å². The molecule has 1 unspecified atom stereocenters. The van der Waals surface area contributed by atoms with Gasteiger partial charge in [-0.15, -0.1) is 5.10 Å². The standard InChI is InChI=1S/C19H19FN8O3/c1-11(29)21-9-14-10-28(19(30)31-14)13-4-5-15(16(20)7-13)12-3-6-17(22-8-12)23-18-24-26-27(2)25-18/h3-8,14H,9-10H2,1-2H3,(H,21,29)(H,22,23,25). The van der Waals surface area contributed by atoms with E-state index >= 15 is 0 Å². The van der Waals surface area contributed by atoms with Crippen molar-refractivity contribution in [2.24, 2.45) is 7.05 Å². The molecule has 160 valence electrons. The molecule has 1 aliphatic rings. The smallest absolute Gasteiger partial charge is 0.414 e. The third-order valence-electron chi connectivity index (χ3n) is 4.54. The van der Waals surface area contributed by atoms with Crippen LogP contribution in [0, 0.1) is 5.82 Å². The lowest BCUT2D eigenvalue weighted by molar-refractivity contribution is -0.119. The number of cyclic esters (lactones) is 1. The second-order valence-electron chi connectivity index (χ2n) is 6.88. The summed E-state index contributed by atoms with van der Waals surface area (Å²) < 4.78 is 20.0. The first kappa shape index (κ1) is 20.2. The van der Waals surface area contributed by atoms with Crippen molar-refractivity contribution in [3.05, 3.63) is 42.3 Å². The number of anilines is 3. The minimum Gasteiger partial charge on any atom is -0.442 e. The van der Waals surface area contributed by atoms with Crippen LogP contribution in [0.4, 0.5) is 26.6 Å². The van der Waals surface area contributed by atoms with E-state index in [9.17, 15) is 14.0 Å². The van der Waals surface area contributed by atoms with Gasteiger partial charge in [0.05, 0.1) is 25.8 Å². The maximum Gasteiger partial charge on any atom is 0.414 e. The number of nitrogens with one attached hydrogen (secondary N) is 2. The Hall–Kier alpha value is -4.09. The molecule has 1 aliphatic heterocycles. The second-order valence-corrected chi connectivity index (χ2v) is 6.88. The Kier molecular flexibility index (Phi) is 5.43. The molecule has 2 N–H and O–H groups in total. The molecule has 2 aromatic heterocycles. The van der Waals surface area contributed by atoms with Crippen molar-refractivity contribution >= 4 is 29.5 Å². The average Bonchev–Trinajstić information content (AvgIpc) is 3.32. The van der Waals surface area contributed by atoms with Gasteiger partial charge in [0, 0.05) is 24.2 Å². The molecule has 3 aromatic rings. The van der Waals surface area contributed by atoms with Crippen LogP contribution in [0.5, 0.6) is 0 Å². The molecule has 2 amide bonds. The van der Waals surface area contributed by atoms with Crippen LogP contribution in [0.1, 0.15) is 6.92 Å². The van der Waals surface area contributed by atoms with Crippen molar-refractivity contribution in [2.45, 2.75) is 13.0 Å². The van der Waals surface area contributed by atoms with Gasteiger partial charge < -0.3 is 15.4 Å². The number of aromatic nitrogens is 5. The summed E-state index contributed by atoms with van der Waals surface area (Å²) in [5.41, 5.74) is 1.27. The van der Waals surface area contributed by atoms with E-state index < -0.39 is 18.0 Å². The summed E-state index contributed by atoms with van der Waals surface area (Å²) in [5, 5.41) is 17.0. The maximum atomic E-state index is 14.8. The molecule has 0 aliphatic carbocycles. The number of aryl methyl sites for hydroxylation is 1. The Morgan fingerprint density at radius 1 is 1.32 bits per heavy atom. The van der Waals surface area contributed by atoms with Gasteiger partial charge in [0.2, 0.25) is 5.91 Å². The van der Waals surface area contributed by atoms with E-state index in [2.05, 4.69) is 31.0 Å². The van der Waals surface area contributed by atoms with Crippen LogP contribution in [-0.4, -0.2) is 56.4 Å². The first-order chi connectivity index (χ1) is 14.9. The number of pyridine rings is 1. The lowest BCUT2D eigenvalue weighted by atomic mass is 10.1. The predicted octanol–water partition coefficient (Wildman–Crippen LogP) is 1.62. The fourth-order valence-electron chi connectivity index (χ4n) is 3.08. The number of ether oxygens (including phenoxy) is 1. The van der Waals surface area contributed by atoms with Crippen molar-refractivity contribution in [1.82, 2.24) is 30.5 Å². The van der Waals surface area contributed by atoms with E-state index in [0.717, 1.165) is 0 Å². The summed E-state index contributed by atoms with van der Waals surface area (Å²) >= 11 is 0. The third-order valence-corrected chi connectivity index (χ3v) is 4.54. The Balaban J connectivity index is 1.46. The van der Waals surface area contributed by atoms with Gasteiger partial charge in [0.25, 0.3) is 5.95 Å². The molecule has 1 fully saturated rings. The number of nitrogens with zero attached hydrogens (tertiary/aromatic N) is 6. The SMILES string of the molecule is CC(=O)NCC1CN(c2ccc(-c3ccc(Nc4nnn(C)n4)nc3)c(F)c2)C(=O)O1. The molecule has 4 rings (SSSR count). The zero-order valence-electron chi connectivity index (χ0n) is 16.7. The monoisotopic (exact) mass is 426 g/mol. The zero-order chi connectivity index (χ0) is 22.0. The van der Waals surface area contributed by atoms with E-state index in [1.54, 1.807) is 31.3 Å². The molecular formula is C19H19FN8O3. The van der Waals surface area contributed by atoms with E-state index in [4.69, 9.17) is 4.74 Å². The van der Waals surface area contributed by atoms with E-state index in [1.165, 1.54) is 28.9 Å². The van der Waals surface area contributed by atoms with Crippen LogP contribution in [0.2, 0.25) is 0 Å². The largest absolute Gasteiger partial charge is 0.442 e. The molecule has 3 heterocycles. The Labute approximate surface area is 176 Å². The Morgan fingerprint density at radius 2 is 2.16 bits per heavy atom. The van der Waals surface area contributed by atoms with Crippen LogP contribution in [0.25, 0.3) is 11.1 Å². The number of halogens is 1. The van der Waals surface area contributed by atoms with E-state index in [0.29, 0.717) is 28.6 Å². The summed E-state index contributed by atoms with van der Waals surface area (Å²) in [5.74, 6) is 0.0628. The first-order valence-electron chi connectivity index (χ1n) is 9.38. The highest BCUT2D eigenvalue weighted by molar-refractivity contribution is 5.90. The third kappa shape index (κ3) is 4.57. The van der Waals surface area contributed by atoms with Crippen LogP contribution >= 0.6 is 0 Å². The highest BCUT2D eigenvalue weighted by Gasteiger charge is 2.32. The van der Waals surface area contributed by atoms with Crippen molar-refractivity contribution < 1.29 is 18.7 Å².